The zero-order chi connectivity index (χ0) is 22.1. The van der Waals surface area contributed by atoms with Crippen LogP contribution >= 0.6 is 11.8 Å². The first-order chi connectivity index (χ1) is 15.1. The van der Waals surface area contributed by atoms with E-state index in [1.165, 1.54) is 12.8 Å². The Bertz CT molecular complexity index is 847. The Balaban J connectivity index is 1.42. The fraction of sp³-hybridized carbons (Fsp3) is 0.522. The van der Waals surface area contributed by atoms with Crippen LogP contribution in [0.5, 0.6) is 11.5 Å². The maximum Gasteiger partial charge on any atom is 0.220 e. The number of thioether (sulfide) groups is 1. The third-order valence-electron chi connectivity index (χ3n) is 5.62. The van der Waals surface area contributed by atoms with Crippen molar-refractivity contribution in [3.05, 3.63) is 41.7 Å². The van der Waals surface area contributed by atoms with Crippen LogP contribution in [0.25, 0.3) is 0 Å². The number of carbonyl (C=O) groups excluding carboxylic acids is 1. The summed E-state index contributed by atoms with van der Waals surface area (Å²) in [5.74, 6) is 2.08. The minimum Gasteiger partial charge on any atom is -0.497 e. The number of benzene rings is 1. The van der Waals surface area contributed by atoms with E-state index in [-0.39, 0.29) is 5.91 Å². The molecule has 0 radical (unpaired) electrons. The Morgan fingerprint density at radius 1 is 1.26 bits per heavy atom. The minimum absolute atomic E-state index is 0.0797. The molecule has 1 aromatic heterocycles. The maximum absolute atomic E-state index is 12.4. The first-order valence-electron chi connectivity index (χ1n) is 10.7. The quantitative estimate of drug-likeness (QED) is 0.444. The standard InChI is InChI=1S/C23H32N4O3S/c1-29-20-8-7-19(21(11-20)30-2)14-24-22(28)9-6-17-5-4-10-27(15-17)16-18-12-25-23(31-3)26-13-18/h7-8,11-13,17H,4-6,9-10,14-16H2,1-3H3,(H,24,28)/t17-/m1/s1. The molecule has 0 unspecified atom stereocenters. The number of nitrogens with zero attached hydrogens (tertiary/aromatic N) is 3. The Morgan fingerprint density at radius 2 is 2.06 bits per heavy atom. The van der Waals surface area contributed by atoms with Crippen molar-refractivity contribution in [2.45, 2.75) is 43.9 Å². The molecule has 0 aliphatic carbocycles. The van der Waals surface area contributed by atoms with Gasteiger partial charge in [0.05, 0.1) is 14.2 Å². The van der Waals surface area contributed by atoms with Crippen molar-refractivity contribution in [1.29, 1.82) is 0 Å². The molecule has 2 aromatic rings. The highest BCUT2D eigenvalue weighted by atomic mass is 32.2. The summed E-state index contributed by atoms with van der Waals surface area (Å²) in [6.07, 6.45) is 9.62. The van der Waals surface area contributed by atoms with Crippen LogP contribution in [-0.4, -0.2) is 54.3 Å². The topological polar surface area (TPSA) is 76.6 Å². The Kier molecular flexibility index (Phi) is 8.97. The highest BCUT2D eigenvalue weighted by Gasteiger charge is 2.21. The summed E-state index contributed by atoms with van der Waals surface area (Å²) in [5.41, 5.74) is 2.08. The van der Waals surface area contributed by atoms with Gasteiger partial charge in [0.1, 0.15) is 11.5 Å². The number of aromatic nitrogens is 2. The molecule has 1 saturated heterocycles. The van der Waals surface area contributed by atoms with Crippen LogP contribution in [0.4, 0.5) is 0 Å². The third-order valence-corrected chi connectivity index (χ3v) is 6.20. The number of piperidine rings is 1. The number of hydrogen-bond donors (Lipinski definition) is 1. The van der Waals surface area contributed by atoms with Crippen molar-refractivity contribution < 1.29 is 14.3 Å². The molecule has 1 aromatic carbocycles. The van der Waals surface area contributed by atoms with Crippen LogP contribution in [0.15, 0.2) is 35.7 Å². The lowest BCUT2D eigenvalue weighted by Crippen LogP contribution is -2.35. The van der Waals surface area contributed by atoms with E-state index in [4.69, 9.17) is 9.47 Å². The summed E-state index contributed by atoms with van der Waals surface area (Å²) in [5, 5.41) is 3.82. The van der Waals surface area contributed by atoms with Crippen molar-refractivity contribution in [1.82, 2.24) is 20.2 Å². The van der Waals surface area contributed by atoms with Gasteiger partial charge >= 0.3 is 0 Å². The summed E-state index contributed by atoms with van der Waals surface area (Å²) in [6.45, 7) is 3.43. The molecule has 1 amide bonds. The first kappa shape index (κ1) is 23.3. The molecular formula is C23H32N4O3S. The average molecular weight is 445 g/mol. The lowest BCUT2D eigenvalue weighted by atomic mass is 9.93. The molecule has 8 heteroatoms. The molecule has 3 rings (SSSR count). The summed E-state index contributed by atoms with van der Waals surface area (Å²) in [6, 6.07) is 5.63. The van der Waals surface area contributed by atoms with Gasteiger partial charge < -0.3 is 14.8 Å². The molecule has 1 aliphatic heterocycles. The lowest BCUT2D eigenvalue weighted by molar-refractivity contribution is -0.121. The SMILES string of the molecule is COc1ccc(CNC(=O)CC[C@H]2CCCN(Cc3cnc(SC)nc3)C2)c(OC)c1. The van der Waals surface area contributed by atoms with Crippen molar-refractivity contribution >= 4 is 17.7 Å². The van der Waals surface area contributed by atoms with Crippen molar-refractivity contribution in [3.63, 3.8) is 0 Å². The van der Waals surface area contributed by atoms with Gasteiger partial charge in [0.2, 0.25) is 5.91 Å². The van der Waals surface area contributed by atoms with Gasteiger partial charge in [-0.3, -0.25) is 9.69 Å². The second-order valence-electron chi connectivity index (χ2n) is 7.81. The van der Waals surface area contributed by atoms with E-state index in [2.05, 4.69) is 20.2 Å². The molecule has 1 N–H and O–H groups in total. The highest BCUT2D eigenvalue weighted by Crippen LogP contribution is 2.25. The molecule has 168 valence electrons. The van der Waals surface area contributed by atoms with Crippen LogP contribution in [0.3, 0.4) is 0 Å². The molecule has 1 fully saturated rings. The van der Waals surface area contributed by atoms with Gasteiger partial charge in [-0.05, 0) is 50.1 Å². The molecule has 0 bridgehead atoms. The largest absolute Gasteiger partial charge is 0.497 e. The predicted octanol–water partition coefficient (Wildman–Crippen LogP) is 3.52. The third kappa shape index (κ3) is 7.11. The lowest BCUT2D eigenvalue weighted by Gasteiger charge is -2.32. The van der Waals surface area contributed by atoms with E-state index in [1.807, 2.05) is 36.8 Å². The van der Waals surface area contributed by atoms with Gasteiger partial charge in [0, 0.05) is 55.6 Å². The molecule has 2 heterocycles. The van der Waals surface area contributed by atoms with E-state index < -0.39 is 0 Å². The van der Waals surface area contributed by atoms with Gasteiger partial charge in [-0.2, -0.15) is 0 Å². The summed E-state index contributed by atoms with van der Waals surface area (Å²) >= 11 is 1.55. The smallest absolute Gasteiger partial charge is 0.220 e. The molecule has 1 atom stereocenters. The first-order valence-corrected chi connectivity index (χ1v) is 11.9. The van der Waals surface area contributed by atoms with Crippen LogP contribution in [0, 0.1) is 5.92 Å². The van der Waals surface area contributed by atoms with E-state index in [0.717, 1.165) is 53.8 Å². The van der Waals surface area contributed by atoms with Gasteiger partial charge in [0.15, 0.2) is 5.16 Å². The van der Waals surface area contributed by atoms with Crippen molar-refractivity contribution in [2.75, 3.05) is 33.6 Å². The average Bonchev–Trinajstić information content (AvgIpc) is 2.82. The van der Waals surface area contributed by atoms with E-state index in [0.29, 0.717) is 18.9 Å². The number of hydrogen-bond acceptors (Lipinski definition) is 7. The van der Waals surface area contributed by atoms with Gasteiger partial charge in [-0.15, -0.1) is 0 Å². The second kappa shape index (κ2) is 11.9. The monoisotopic (exact) mass is 444 g/mol. The predicted molar refractivity (Wildman–Crippen MR) is 122 cm³/mol. The number of carbonyl (C=O) groups is 1. The maximum atomic E-state index is 12.4. The van der Waals surface area contributed by atoms with Crippen LogP contribution in [-0.2, 0) is 17.9 Å². The molecule has 31 heavy (non-hydrogen) atoms. The Morgan fingerprint density at radius 3 is 2.77 bits per heavy atom. The number of nitrogens with one attached hydrogen (secondary N) is 1. The number of methoxy groups -OCH3 is 2. The normalized spacial score (nSPS) is 16.7. The summed E-state index contributed by atoms with van der Waals surface area (Å²) < 4.78 is 10.6. The number of likely N-dealkylation sites (tertiary alicyclic amines) is 1. The number of ether oxygens (including phenoxy) is 2. The van der Waals surface area contributed by atoms with Crippen molar-refractivity contribution in [3.8, 4) is 11.5 Å². The molecule has 0 saturated carbocycles. The number of amides is 1. The zero-order valence-electron chi connectivity index (χ0n) is 18.6. The summed E-state index contributed by atoms with van der Waals surface area (Å²) in [4.78, 5) is 23.6. The second-order valence-corrected chi connectivity index (χ2v) is 8.59. The van der Waals surface area contributed by atoms with Crippen LogP contribution < -0.4 is 14.8 Å². The van der Waals surface area contributed by atoms with Gasteiger partial charge in [-0.1, -0.05) is 11.8 Å². The Labute approximate surface area is 188 Å². The van der Waals surface area contributed by atoms with E-state index in [1.54, 1.807) is 26.0 Å². The van der Waals surface area contributed by atoms with Gasteiger partial charge in [-0.25, -0.2) is 9.97 Å². The molecule has 0 spiro atoms. The van der Waals surface area contributed by atoms with E-state index >= 15 is 0 Å². The molecule has 1 aliphatic rings. The van der Waals surface area contributed by atoms with Crippen LogP contribution in [0.1, 0.15) is 36.8 Å². The zero-order valence-corrected chi connectivity index (χ0v) is 19.4. The van der Waals surface area contributed by atoms with Crippen LogP contribution in [0.2, 0.25) is 0 Å². The van der Waals surface area contributed by atoms with E-state index in [9.17, 15) is 4.79 Å². The van der Waals surface area contributed by atoms with Gasteiger partial charge in [0.25, 0.3) is 0 Å². The molecular weight excluding hydrogens is 412 g/mol. The Hall–Kier alpha value is -2.32. The fourth-order valence-corrected chi connectivity index (χ4v) is 4.25. The summed E-state index contributed by atoms with van der Waals surface area (Å²) in [7, 11) is 3.25. The fourth-order valence-electron chi connectivity index (χ4n) is 3.93. The number of rotatable bonds is 10. The molecule has 7 nitrogen and oxygen atoms in total. The minimum atomic E-state index is 0.0797. The highest BCUT2D eigenvalue weighted by molar-refractivity contribution is 7.98. The van der Waals surface area contributed by atoms with Crippen molar-refractivity contribution in [2.24, 2.45) is 5.92 Å².